The second-order valence-corrected chi connectivity index (χ2v) is 12.9. The van der Waals surface area contributed by atoms with Crippen molar-refractivity contribution in [2.75, 3.05) is 18.8 Å². The van der Waals surface area contributed by atoms with Gasteiger partial charge in [0.15, 0.2) is 9.84 Å². The van der Waals surface area contributed by atoms with E-state index in [4.69, 9.17) is 23.2 Å². The Morgan fingerprint density at radius 2 is 1.90 bits per heavy atom. The lowest BCUT2D eigenvalue weighted by Gasteiger charge is -2.26. The minimum absolute atomic E-state index is 0.0463. The number of halogens is 5. The maximum atomic E-state index is 13.5. The molecule has 1 atom stereocenters. The van der Waals surface area contributed by atoms with Crippen molar-refractivity contribution in [1.29, 1.82) is 0 Å². The van der Waals surface area contributed by atoms with E-state index in [2.05, 4.69) is 15.0 Å². The van der Waals surface area contributed by atoms with Gasteiger partial charge in [-0.3, -0.25) is 19.1 Å². The lowest BCUT2D eigenvalue weighted by atomic mass is 10.1. The van der Waals surface area contributed by atoms with Crippen molar-refractivity contribution >= 4 is 49.8 Å². The van der Waals surface area contributed by atoms with Crippen molar-refractivity contribution in [3.05, 3.63) is 66.3 Å². The molecule has 0 unspecified atom stereocenters. The van der Waals surface area contributed by atoms with E-state index in [-0.39, 0.29) is 67.8 Å². The number of alkyl halides is 3. The van der Waals surface area contributed by atoms with Gasteiger partial charge in [0, 0.05) is 36.6 Å². The van der Waals surface area contributed by atoms with Gasteiger partial charge in [0.05, 0.1) is 33.1 Å². The van der Waals surface area contributed by atoms with Crippen molar-refractivity contribution in [2.45, 2.75) is 57.1 Å². The number of sulfone groups is 1. The van der Waals surface area contributed by atoms with Crippen molar-refractivity contribution in [3.8, 4) is 5.75 Å². The summed E-state index contributed by atoms with van der Waals surface area (Å²) >= 11 is 12.6. The second kappa shape index (κ2) is 12.3. The SMILES string of the molecule is CCS(=O)(=O)c1ccc(Cl)cc1Cn1c(=O)[nH]c2c(Cl)c(CN3CCC[C@H]3CNC(C)=O)c(OC(F)(F)F)cc2c1=O. The summed E-state index contributed by atoms with van der Waals surface area (Å²) in [5.74, 6) is -1.24. The number of nitrogens with zero attached hydrogens (tertiary/aromatic N) is 2. The molecule has 2 N–H and O–H groups in total. The molecule has 1 aliphatic rings. The first-order valence-corrected chi connectivity index (χ1v) is 15.3. The van der Waals surface area contributed by atoms with Crippen LogP contribution in [-0.4, -0.2) is 60.0 Å². The first-order valence-electron chi connectivity index (χ1n) is 12.8. The van der Waals surface area contributed by atoms with Gasteiger partial charge >= 0.3 is 12.1 Å². The predicted octanol–water partition coefficient (Wildman–Crippen LogP) is 3.84. The minimum Gasteiger partial charge on any atom is -0.405 e. The highest BCUT2D eigenvalue weighted by atomic mass is 35.5. The molecule has 1 fully saturated rings. The van der Waals surface area contributed by atoms with Crippen LogP contribution >= 0.6 is 23.2 Å². The van der Waals surface area contributed by atoms with Gasteiger partial charge in [-0.2, -0.15) is 0 Å². The van der Waals surface area contributed by atoms with Crippen LogP contribution in [-0.2, 0) is 27.7 Å². The first kappa shape index (κ1) is 31.9. The third kappa shape index (κ3) is 6.93. The Kier molecular flexibility index (Phi) is 9.31. The largest absolute Gasteiger partial charge is 0.573 e. The lowest BCUT2D eigenvalue weighted by molar-refractivity contribution is -0.274. The summed E-state index contributed by atoms with van der Waals surface area (Å²) in [6.07, 6.45) is -3.72. The van der Waals surface area contributed by atoms with Gasteiger partial charge in [-0.15, -0.1) is 13.2 Å². The molecule has 1 aromatic heterocycles. The number of fused-ring (bicyclic) bond motifs is 1. The topological polar surface area (TPSA) is 131 Å². The number of aromatic nitrogens is 2. The van der Waals surface area contributed by atoms with Gasteiger partial charge in [-0.05, 0) is 49.2 Å². The van der Waals surface area contributed by atoms with E-state index >= 15 is 0 Å². The van der Waals surface area contributed by atoms with Crippen molar-refractivity contribution in [2.24, 2.45) is 0 Å². The zero-order chi connectivity index (χ0) is 31.0. The fourth-order valence-electron chi connectivity index (χ4n) is 4.98. The predicted molar refractivity (Wildman–Crippen MR) is 151 cm³/mol. The average molecular weight is 651 g/mol. The maximum absolute atomic E-state index is 13.5. The Bertz CT molecular complexity index is 1760. The molecule has 0 spiro atoms. The summed E-state index contributed by atoms with van der Waals surface area (Å²) in [6, 6.07) is 4.58. The zero-order valence-corrected chi connectivity index (χ0v) is 24.8. The van der Waals surface area contributed by atoms with E-state index in [9.17, 15) is 36.0 Å². The Morgan fingerprint density at radius 3 is 2.55 bits per heavy atom. The van der Waals surface area contributed by atoms with Crippen LogP contribution in [0.3, 0.4) is 0 Å². The number of nitrogens with one attached hydrogen (secondary N) is 2. The van der Waals surface area contributed by atoms with Gasteiger partial charge < -0.3 is 15.0 Å². The number of hydrogen-bond acceptors (Lipinski definition) is 7. The van der Waals surface area contributed by atoms with Crippen molar-refractivity contribution < 1.29 is 31.1 Å². The smallest absolute Gasteiger partial charge is 0.405 e. The van der Waals surface area contributed by atoms with E-state index < -0.39 is 39.7 Å². The normalized spacial score (nSPS) is 16.2. The van der Waals surface area contributed by atoms with Crippen LogP contribution in [0, 0.1) is 0 Å². The summed E-state index contributed by atoms with van der Waals surface area (Å²) in [7, 11) is -3.78. The molecule has 0 aliphatic carbocycles. The quantitative estimate of drug-likeness (QED) is 0.360. The number of benzene rings is 2. The zero-order valence-electron chi connectivity index (χ0n) is 22.5. The number of ether oxygens (including phenoxy) is 1. The highest BCUT2D eigenvalue weighted by Gasteiger charge is 2.35. The molecule has 1 amide bonds. The molecule has 42 heavy (non-hydrogen) atoms. The molecule has 3 aromatic rings. The molecule has 10 nitrogen and oxygen atoms in total. The third-order valence-electron chi connectivity index (χ3n) is 7.02. The van der Waals surface area contributed by atoms with E-state index in [1.807, 2.05) is 4.90 Å². The second-order valence-electron chi connectivity index (χ2n) is 9.82. The molecule has 1 aliphatic heterocycles. The van der Waals surface area contributed by atoms with Crippen LogP contribution < -0.4 is 21.3 Å². The third-order valence-corrected chi connectivity index (χ3v) is 9.50. The molecule has 0 saturated carbocycles. The van der Waals surface area contributed by atoms with Crippen molar-refractivity contribution in [3.63, 3.8) is 0 Å². The number of carbonyl (C=O) groups is 1. The van der Waals surface area contributed by atoms with Gasteiger partial charge in [0.2, 0.25) is 5.91 Å². The Morgan fingerprint density at radius 1 is 1.19 bits per heavy atom. The first-order chi connectivity index (χ1) is 19.6. The minimum atomic E-state index is -5.13. The van der Waals surface area contributed by atoms with E-state index in [0.717, 1.165) is 12.5 Å². The molecule has 0 radical (unpaired) electrons. The monoisotopic (exact) mass is 650 g/mol. The number of carbonyl (C=O) groups excluding carboxylic acids is 1. The number of likely N-dealkylation sites (tertiary alicyclic amines) is 1. The maximum Gasteiger partial charge on any atom is 0.573 e. The van der Waals surface area contributed by atoms with Crippen LogP contribution in [0.2, 0.25) is 10.0 Å². The number of H-pyrrole nitrogens is 1. The molecule has 2 aromatic carbocycles. The summed E-state index contributed by atoms with van der Waals surface area (Å²) in [4.78, 5) is 42.1. The van der Waals surface area contributed by atoms with E-state index in [1.54, 1.807) is 0 Å². The highest BCUT2D eigenvalue weighted by molar-refractivity contribution is 7.91. The van der Waals surface area contributed by atoms with Crippen LogP contribution in [0.5, 0.6) is 5.75 Å². The Labute approximate surface area is 248 Å². The van der Waals surface area contributed by atoms with Crippen LogP contribution in [0.25, 0.3) is 10.9 Å². The average Bonchev–Trinajstić information content (AvgIpc) is 3.34. The summed E-state index contributed by atoms with van der Waals surface area (Å²) in [5.41, 5.74) is -2.23. The molecular formula is C26H27Cl2F3N4O6S. The number of rotatable bonds is 9. The molecular weight excluding hydrogens is 624 g/mol. The molecule has 228 valence electrons. The number of aromatic amines is 1. The van der Waals surface area contributed by atoms with Gasteiger partial charge in [-0.25, -0.2) is 13.2 Å². The lowest BCUT2D eigenvalue weighted by Crippen LogP contribution is -2.39. The Balaban J connectivity index is 1.85. The van der Waals surface area contributed by atoms with Crippen LogP contribution in [0.1, 0.15) is 37.8 Å². The fourth-order valence-corrected chi connectivity index (χ4v) is 6.58. The fraction of sp³-hybridized carbons (Fsp3) is 0.423. The van der Waals surface area contributed by atoms with E-state index in [0.29, 0.717) is 17.5 Å². The molecule has 0 bridgehead atoms. The van der Waals surface area contributed by atoms with Gasteiger partial charge in [0.25, 0.3) is 5.56 Å². The number of hydrogen-bond donors (Lipinski definition) is 2. The molecule has 2 heterocycles. The Hall–Kier alpha value is -3.07. The summed E-state index contributed by atoms with van der Waals surface area (Å²) in [5, 5.41) is 2.17. The highest BCUT2D eigenvalue weighted by Crippen LogP contribution is 2.37. The molecule has 4 rings (SSSR count). The van der Waals surface area contributed by atoms with Gasteiger partial charge in [-0.1, -0.05) is 30.1 Å². The summed E-state index contributed by atoms with van der Waals surface area (Å²) in [6.45, 7) is 2.91. The molecule has 1 saturated heterocycles. The standard InChI is InChI=1S/C26H27Cl2F3N4O6S/c1-3-42(39,40)21-7-6-16(27)9-15(21)12-35-24(37)18-10-20(41-26(29,30)31)19(22(28)23(18)33-25(35)38)13-34-8-4-5-17(34)11-32-14(2)36/h6-7,9-10,17H,3-5,8,11-13H2,1-2H3,(H,32,36)(H,33,38)/t17-/m0/s1. The number of amides is 1. The summed E-state index contributed by atoms with van der Waals surface area (Å²) < 4.78 is 70.6. The van der Waals surface area contributed by atoms with Crippen LogP contribution in [0.15, 0.2) is 38.8 Å². The van der Waals surface area contributed by atoms with E-state index in [1.165, 1.54) is 32.0 Å². The van der Waals surface area contributed by atoms with Crippen LogP contribution in [0.4, 0.5) is 13.2 Å². The van der Waals surface area contributed by atoms with Crippen molar-refractivity contribution in [1.82, 2.24) is 19.8 Å². The van der Waals surface area contributed by atoms with Gasteiger partial charge in [0.1, 0.15) is 5.75 Å². The molecule has 16 heteroatoms.